The molecule has 0 saturated heterocycles. The molecule has 1 aromatic heterocycles. The van der Waals surface area contributed by atoms with Crippen molar-refractivity contribution in [3.8, 4) is 0 Å². The van der Waals surface area contributed by atoms with E-state index in [0.29, 0.717) is 23.1 Å². The summed E-state index contributed by atoms with van der Waals surface area (Å²) in [5.74, 6) is 1.19. The molecular weight excluding hydrogens is 482 g/mol. The highest BCUT2D eigenvalue weighted by Crippen LogP contribution is 2.29. The molecule has 2 aromatic rings. The molecule has 0 aliphatic carbocycles. The monoisotopic (exact) mass is 525 g/mol. The standard InChI is InChI=1S/C32H43N7/c1-7-21(2)19-28(35-6)39-24(5)25-13-15-26(16-14-25)30(33)29-31-27(20-37-32(29)34)12-10-8-9-11-22(3)38-23(4)17-18-36-31/h7,10,12-16,19-20,23,33,35-36,38-39H,3,5,8-9,11,17-18H2,1-2,4,6H3,(H2,34,37)/b12-10+,21-7-,28-19+,33-30?/t23-/m1/s1. The van der Waals surface area contributed by atoms with Gasteiger partial charge < -0.3 is 27.0 Å². The number of benzene rings is 1. The van der Waals surface area contributed by atoms with Gasteiger partial charge in [0.25, 0.3) is 0 Å². The summed E-state index contributed by atoms with van der Waals surface area (Å²) in [4.78, 5) is 4.45. The number of rotatable bonds is 7. The van der Waals surface area contributed by atoms with Gasteiger partial charge in [0.1, 0.15) is 11.6 Å². The van der Waals surface area contributed by atoms with Gasteiger partial charge in [0, 0.05) is 48.4 Å². The Morgan fingerprint density at radius 3 is 2.64 bits per heavy atom. The quantitative estimate of drug-likeness (QED) is 0.191. The van der Waals surface area contributed by atoms with Crippen molar-refractivity contribution < 1.29 is 0 Å². The van der Waals surface area contributed by atoms with Gasteiger partial charge in [-0.15, -0.1) is 0 Å². The van der Waals surface area contributed by atoms with Crippen molar-refractivity contribution in [1.82, 2.24) is 20.9 Å². The number of hydrogen-bond acceptors (Lipinski definition) is 7. The molecule has 7 nitrogen and oxygen atoms in total. The van der Waals surface area contributed by atoms with E-state index in [2.05, 4.69) is 58.5 Å². The summed E-state index contributed by atoms with van der Waals surface area (Å²) in [5, 5.41) is 22.6. The Morgan fingerprint density at radius 1 is 1.23 bits per heavy atom. The summed E-state index contributed by atoms with van der Waals surface area (Å²) in [5.41, 5.74) is 13.8. The molecule has 0 unspecified atom stereocenters. The molecule has 3 rings (SSSR count). The molecule has 7 N–H and O–H groups in total. The van der Waals surface area contributed by atoms with Gasteiger partial charge in [-0.1, -0.05) is 61.2 Å². The van der Waals surface area contributed by atoms with Gasteiger partial charge in [-0.2, -0.15) is 0 Å². The molecule has 0 saturated carbocycles. The van der Waals surface area contributed by atoms with Crippen molar-refractivity contribution in [2.24, 2.45) is 0 Å². The maximum atomic E-state index is 9.10. The highest BCUT2D eigenvalue weighted by Gasteiger charge is 2.18. The summed E-state index contributed by atoms with van der Waals surface area (Å²) in [6.45, 7) is 15.3. The Morgan fingerprint density at radius 2 is 1.95 bits per heavy atom. The average Bonchev–Trinajstić information content (AvgIpc) is 2.93. The predicted molar refractivity (Wildman–Crippen MR) is 167 cm³/mol. The molecule has 206 valence electrons. The minimum Gasteiger partial charge on any atom is -0.386 e. The van der Waals surface area contributed by atoms with Crippen LogP contribution < -0.4 is 27.0 Å². The fourth-order valence-corrected chi connectivity index (χ4v) is 4.36. The van der Waals surface area contributed by atoms with Gasteiger partial charge in [0.15, 0.2) is 0 Å². The minimum atomic E-state index is 0.290. The lowest BCUT2D eigenvalue weighted by Crippen LogP contribution is -2.27. The number of nitrogens with two attached hydrogens (primary N) is 1. The molecule has 2 heterocycles. The third-order valence-electron chi connectivity index (χ3n) is 6.77. The van der Waals surface area contributed by atoms with E-state index in [1.54, 1.807) is 6.20 Å². The van der Waals surface area contributed by atoms with E-state index in [9.17, 15) is 0 Å². The molecule has 7 heteroatoms. The third kappa shape index (κ3) is 8.11. The fraction of sp³-hybridized carbons (Fsp3) is 0.312. The van der Waals surface area contributed by atoms with Crippen molar-refractivity contribution in [2.45, 2.75) is 52.5 Å². The zero-order valence-electron chi connectivity index (χ0n) is 23.7. The Hall–Kier alpha value is -4.26. The smallest absolute Gasteiger partial charge is 0.134 e. The van der Waals surface area contributed by atoms with Crippen LogP contribution in [-0.4, -0.2) is 30.3 Å². The van der Waals surface area contributed by atoms with E-state index in [-0.39, 0.29) is 0 Å². The Kier molecular flexibility index (Phi) is 10.6. The second-order valence-corrected chi connectivity index (χ2v) is 9.90. The largest absolute Gasteiger partial charge is 0.386 e. The van der Waals surface area contributed by atoms with E-state index >= 15 is 0 Å². The molecule has 1 aromatic carbocycles. The summed E-state index contributed by atoms with van der Waals surface area (Å²) >= 11 is 0. The highest BCUT2D eigenvalue weighted by atomic mass is 15.1. The van der Waals surface area contributed by atoms with Crippen LogP contribution in [0.15, 0.2) is 78.9 Å². The maximum absolute atomic E-state index is 9.10. The lowest BCUT2D eigenvalue weighted by molar-refractivity contribution is 0.564. The van der Waals surface area contributed by atoms with E-state index < -0.39 is 0 Å². The van der Waals surface area contributed by atoms with Crippen LogP contribution >= 0.6 is 0 Å². The number of anilines is 2. The van der Waals surface area contributed by atoms with Gasteiger partial charge in [0.2, 0.25) is 0 Å². The maximum Gasteiger partial charge on any atom is 0.134 e. The third-order valence-corrected chi connectivity index (χ3v) is 6.77. The first kappa shape index (κ1) is 29.3. The van der Waals surface area contributed by atoms with Crippen LogP contribution in [0.1, 0.15) is 68.7 Å². The number of nitrogens with zero attached hydrogens (tertiary/aromatic N) is 1. The normalized spacial score (nSPS) is 17.7. The summed E-state index contributed by atoms with van der Waals surface area (Å²) in [6.07, 6.45) is 13.9. The van der Waals surface area contributed by atoms with Crippen LogP contribution in [0.5, 0.6) is 0 Å². The van der Waals surface area contributed by atoms with Crippen LogP contribution in [0.3, 0.4) is 0 Å². The van der Waals surface area contributed by atoms with Crippen molar-refractivity contribution in [1.29, 1.82) is 5.41 Å². The SMILES string of the molecule is C=C1CCC/C=C/c2cnc(N)c(C(=N)c3ccc(C(=C)N/C(=C/C(C)=C\C)NC)cc3)c2NCC[C@@H](C)N1. The first-order valence-electron chi connectivity index (χ1n) is 13.5. The van der Waals surface area contributed by atoms with E-state index in [1.807, 2.05) is 57.3 Å². The number of allylic oxidation sites excluding steroid dienone is 5. The molecule has 1 atom stereocenters. The summed E-state index contributed by atoms with van der Waals surface area (Å²) < 4.78 is 0. The first-order chi connectivity index (χ1) is 18.7. The van der Waals surface area contributed by atoms with Gasteiger partial charge in [0.05, 0.1) is 17.0 Å². The molecular formula is C32H43N7. The Labute approximate surface area is 233 Å². The van der Waals surface area contributed by atoms with Crippen molar-refractivity contribution in [3.05, 3.63) is 101 Å². The number of hydrogen-bond donors (Lipinski definition) is 6. The van der Waals surface area contributed by atoms with Gasteiger partial charge in [-0.3, -0.25) is 5.41 Å². The van der Waals surface area contributed by atoms with E-state index in [1.165, 1.54) is 0 Å². The van der Waals surface area contributed by atoms with Crippen LogP contribution in [-0.2, 0) is 0 Å². The van der Waals surface area contributed by atoms with Crippen LogP contribution in [0.25, 0.3) is 11.8 Å². The van der Waals surface area contributed by atoms with Gasteiger partial charge in [-0.25, -0.2) is 4.98 Å². The molecule has 0 fully saturated rings. The number of nitrogen functional groups attached to an aromatic ring is 1. The number of aromatic nitrogens is 1. The summed E-state index contributed by atoms with van der Waals surface area (Å²) in [6, 6.07) is 8.07. The molecule has 0 bridgehead atoms. The number of fused-ring (bicyclic) bond motifs is 1. The average molecular weight is 526 g/mol. The Bertz CT molecular complexity index is 1280. The molecule has 0 radical (unpaired) electrons. The highest BCUT2D eigenvalue weighted by molar-refractivity contribution is 6.17. The first-order valence-corrected chi connectivity index (χ1v) is 13.5. The van der Waals surface area contributed by atoms with Crippen LogP contribution in [0.4, 0.5) is 11.5 Å². The Balaban J connectivity index is 1.88. The molecule has 1 aliphatic heterocycles. The van der Waals surface area contributed by atoms with Crippen LogP contribution in [0, 0.1) is 5.41 Å². The topological polar surface area (TPSA) is 111 Å². The molecule has 0 amide bonds. The second kappa shape index (κ2) is 14.0. The number of nitrogens with one attached hydrogen (secondary N) is 5. The zero-order valence-corrected chi connectivity index (χ0v) is 23.7. The number of pyridine rings is 1. The van der Waals surface area contributed by atoms with Gasteiger partial charge >= 0.3 is 0 Å². The molecule has 39 heavy (non-hydrogen) atoms. The molecule has 1 aliphatic rings. The lowest BCUT2D eigenvalue weighted by Gasteiger charge is -2.20. The summed E-state index contributed by atoms with van der Waals surface area (Å²) in [7, 11) is 1.87. The predicted octanol–water partition coefficient (Wildman–Crippen LogP) is 6.16. The van der Waals surface area contributed by atoms with E-state index in [4.69, 9.17) is 11.1 Å². The minimum absolute atomic E-state index is 0.290. The fourth-order valence-electron chi connectivity index (χ4n) is 4.36. The lowest BCUT2D eigenvalue weighted by atomic mass is 9.97. The van der Waals surface area contributed by atoms with Crippen molar-refractivity contribution in [3.63, 3.8) is 0 Å². The van der Waals surface area contributed by atoms with Crippen molar-refractivity contribution >= 4 is 29.0 Å². The van der Waals surface area contributed by atoms with Crippen LogP contribution in [0.2, 0.25) is 0 Å². The van der Waals surface area contributed by atoms with Gasteiger partial charge in [-0.05, 0) is 58.1 Å². The van der Waals surface area contributed by atoms with Crippen molar-refractivity contribution in [2.75, 3.05) is 24.6 Å². The zero-order chi connectivity index (χ0) is 28.4. The molecule has 0 spiro atoms. The van der Waals surface area contributed by atoms with E-state index in [0.717, 1.165) is 77.4 Å². The second-order valence-electron chi connectivity index (χ2n) is 9.90.